The monoisotopic (exact) mass is 238 g/mol. The molecular weight excluding hydrogens is 216 g/mol. The average Bonchev–Trinajstić information content (AvgIpc) is 2.76. The summed E-state index contributed by atoms with van der Waals surface area (Å²) in [6, 6.07) is -0.247. The van der Waals surface area contributed by atoms with Gasteiger partial charge in [0, 0.05) is 6.54 Å². The number of carbonyl (C=O) groups excluding carboxylic acids is 2. The van der Waals surface area contributed by atoms with Gasteiger partial charge in [-0.05, 0) is 26.2 Å². The molecule has 1 atom stereocenters. The molecule has 96 valence electrons. The van der Waals surface area contributed by atoms with E-state index in [9.17, 15) is 9.59 Å². The Morgan fingerprint density at radius 2 is 1.94 bits per heavy atom. The Hall–Kier alpha value is -1.06. The minimum absolute atomic E-state index is 0.0511. The zero-order chi connectivity index (χ0) is 12.5. The van der Waals surface area contributed by atoms with Crippen molar-refractivity contribution in [2.45, 2.75) is 64.0 Å². The van der Waals surface area contributed by atoms with Gasteiger partial charge >= 0.3 is 0 Å². The summed E-state index contributed by atoms with van der Waals surface area (Å²) in [5, 5.41) is 3.01. The maximum absolute atomic E-state index is 12.5. The van der Waals surface area contributed by atoms with Gasteiger partial charge in [-0.15, -0.1) is 0 Å². The second-order valence-electron chi connectivity index (χ2n) is 5.17. The third-order valence-corrected chi connectivity index (χ3v) is 4.07. The van der Waals surface area contributed by atoms with E-state index in [4.69, 9.17) is 0 Å². The fourth-order valence-electron chi connectivity index (χ4n) is 3.17. The fourth-order valence-corrected chi connectivity index (χ4v) is 3.17. The molecule has 0 radical (unpaired) electrons. The molecule has 1 aliphatic carbocycles. The van der Waals surface area contributed by atoms with E-state index in [2.05, 4.69) is 5.32 Å². The summed E-state index contributed by atoms with van der Waals surface area (Å²) in [5.74, 6) is 0.200. The van der Waals surface area contributed by atoms with Crippen molar-refractivity contribution in [3.05, 3.63) is 0 Å². The molecule has 17 heavy (non-hydrogen) atoms. The van der Waals surface area contributed by atoms with E-state index < -0.39 is 5.54 Å². The number of rotatable bonds is 3. The quantitative estimate of drug-likeness (QED) is 0.809. The van der Waals surface area contributed by atoms with Crippen molar-refractivity contribution in [1.29, 1.82) is 0 Å². The Labute approximate surface area is 103 Å². The molecule has 1 spiro atoms. The number of piperazine rings is 1. The lowest BCUT2D eigenvalue weighted by atomic mass is 9.89. The van der Waals surface area contributed by atoms with Crippen molar-refractivity contribution in [1.82, 2.24) is 10.2 Å². The van der Waals surface area contributed by atoms with Gasteiger partial charge in [0.2, 0.25) is 11.8 Å². The van der Waals surface area contributed by atoms with Crippen molar-refractivity contribution in [3.63, 3.8) is 0 Å². The van der Waals surface area contributed by atoms with Gasteiger partial charge < -0.3 is 10.2 Å². The van der Waals surface area contributed by atoms with Crippen LogP contribution in [0.25, 0.3) is 0 Å². The average molecular weight is 238 g/mol. The minimum atomic E-state index is -0.558. The SMILES string of the molecule is CCCC1C(=O)NC2(CCCC2)C(=O)N1CC. The highest BCUT2D eigenvalue weighted by molar-refractivity contribution is 6.00. The zero-order valence-corrected chi connectivity index (χ0v) is 10.8. The lowest BCUT2D eigenvalue weighted by Gasteiger charge is -2.44. The maximum Gasteiger partial charge on any atom is 0.248 e. The molecule has 2 amide bonds. The zero-order valence-electron chi connectivity index (χ0n) is 10.8. The van der Waals surface area contributed by atoms with Crippen LogP contribution in [0.3, 0.4) is 0 Å². The number of nitrogens with zero attached hydrogens (tertiary/aromatic N) is 1. The minimum Gasteiger partial charge on any atom is -0.340 e. The van der Waals surface area contributed by atoms with Gasteiger partial charge in [-0.25, -0.2) is 0 Å². The van der Waals surface area contributed by atoms with Gasteiger partial charge in [0.1, 0.15) is 11.6 Å². The summed E-state index contributed by atoms with van der Waals surface area (Å²) in [6.07, 6.45) is 5.40. The van der Waals surface area contributed by atoms with Gasteiger partial charge in [-0.3, -0.25) is 9.59 Å². The van der Waals surface area contributed by atoms with Crippen LogP contribution in [0.4, 0.5) is 0 Å². The van der Waals surface area contributed by atoms with Crippen LogP contribution in [0.5, 0.6) is 0 Å². The predicted octanol–water partition coefficient (Wildman–Crippen LogP) is 1.45. The standard InChI is InChI=1S/C13H22N2O2/c1-3-7-10-11(16)14-13(8-5-6-9-13)12(17)15(10)4-2/h10H,3-9H2,1-2H3,(H,14,16). The van der Waals surface area contributed by atoms with E-state index in [0.29, 0.717) is 6.54 Å². The summed E-state index contributed by atoms with van der Waals surface area (Å²) in [4.78, 5) is 26.5. The molecule has 1 saturated carbocycles. The highest BCUT2D eigenvalue weighted by Crippen LogP contribution is 2.35. The second-order valence-corrected chi connectivity index (χ2v) is 5.17. The first kappa shape index (κ1) is 12.4. The van der Waals surface area contributed by atoms with Crippen LogP contribution in [-0.4, -0.2) is 34.8 Å². The van der Waals surface area contributed by atoms with Gasteiger partial charge in [-0.2, -0.15) is 0 Å². The van der Waals surface area contributed by atoms with Crippen LogP contribution in [0.15, 0.2) is 0 Å². The van der Waals surface area contributed by atoms with Crippen molar-refractivity contribution in [3.8, 4) is 0 Å². The van der Waals surface area contributed by atoms with Gasteiger partial charge in [0.15, 0.2) is 0 Å². The second kappa shape index (κ2) is 4.67. The Kier molecular flexibility index (Phi) is 3.40. The highest BCUT2D eigenvalue weighted by atomic mass is 16.2. The molecule has 2 fully saturated rings. The number of carbonyl (C=O) groups is 2. The number of hydrogen-bond acceptors (Lipinski definition) is 2. The molecule has 1 aliphatic heterocycles. The first-order valence-corrected chi connectivity index (χ1v) is 6.77. The predicted molar refractivity (Wildman–Crippen MR) is 65.4 cm³/mol. The van der Waals surface area contributed by atoms with Crippen LogP contribution in [-0.2, 0) is 9.59 Å². The number of likely N-dealkylation sites (N-methyl/N-ethyl adjacent to an activating group) is 1. The van der Waals surface area contributed by atoms with Crippen LogP contribution in [0.2, 0.25) is 0 Å². The van der Waals surface area contributed by atoms with Crippen molar-refractivity contribution >= 4 is 11.8 Å². The van der Waals surface area contributed by atoms with Gasteiger partial charge in [-0.1, -0.05) is 26.2 Å². The van der Waals surface area contributed by atoms with E-state index in [-0.39, 0.29) is 17.9 Å². The number of hydrogen-bond donors (Lipinski definition) is 1. The largest absolute Gasteiger partial charge is 0.340 e. The molecule has 0 aromatic rings. The number of nitrogens with one attached hydrogen (secondary N) is 1. The van der Waals surface area contributed by atoms with Crippen LogP contribution >= 0.6 is 0 Å². The molecule has 0 aromatic heterocycles. The first-order valence-electron chi connectivity index (χ1n) is 6.77. The molecule has 2 aliphatic rings. The summed E-state index contributed by atoms with van der Waals surface area (Å²) in [5.41, 5.74) is -0.558. The lowest BCUT2D eigenvalue weighted by molar-refractivity contribution is -0.154. The molecule has 1 saturated heterocycles. The Morgan fingerprint density at radius 3 is 2.47 bits per heavy atom. The van der Waals surface area contributed by atoms with Crippen molar-refractivity contribution in [2.75, 3.05) is 6.54 Å². The van der Waals surface area contributed by atoms with Crippen molar-refractivity contribution in [2.24, 2.45) is 0 Å². The molecule has 2 rings (SSSR count). The van der Waals surface area contributed by atoms with Crippen LogP contribution in [0, 0.1) is 0 Å². The summed E-state index contributed by atoms with van der Waals surface area (Å²) < 4.78 is 0. The highest BCUT2D eigenvalue weighted by Gasteiger charge is 2.51. The van der Waals surface area contributed by atoms with Gasteiger partial charge in [0.25, 0.3) is 0 Å². The van der Waals surface area contributed by atoms with Crippen LogP contribution in [0.1, 0.15) is 52.4 Å². The molecular formula is C13H22N2O2. The molecule has 4 heteroatoms. The molecule has 1 N–H and O–H groups in total. The van der Waals surface area contributed by atoms with E-state index >= 15 is 0 Å². The third kappa shape index (κ3) is 1.94. The molecule has 1 heterocycles. The van der Waals surface area contributed by atoms with Gasteiger partial charge in [0.05, 0.1) is 0 Å². The Balaban J connectivity index is 2.23. The maximum atomic E-state index is 12.5. The molecule has 0 bridgehead atoms. The van der Waals surface area contributed by atoms with Crippen molar-refractivity contribution < 1.29 is 9.59 Å². The lowest BCUT2D eigenvalue weighted by Crippen LogP contribution is -2.69. The topological polar surface area (TPSA) is 49.4 Å². The molecule has 4 nitrogen and oxygen atoms in total. The summed E-state index contributed by atoms with van der Waals surface area (Å²) in [7, 11) is 0. The van der Waals surface area contributed by atoms with Crippen LogP contribution < -0.4 is 5.32 Å². The van der Waals surface area contributed by atoms with E-state index in [1.54, 1.807) is 4.90 Å². The molecule has 1 unspecified atom stereocenters. The smallest absolute Gasteiger partial charge is 0.248 e. The Morgan fingerprint density at radius 1 is 1.29 bits per heavy atom. The molecule has 0 aromatic carbocycles. The summed E-state index contributed by atoms with van der Waals surface area (Å²) >= 11 is 0. The normalized spacial score (nSPS) is 27.6. The Bertz CT molecular complexity index is 321. The summed E-state index contributed by atoms with van der Waals surface area (Å²) in [6.45, 7) is 4.64. The van der Waals surface area contributed by atoms with E-state index in [0.717, 1.165) is 38.5 Å². The fraction of sp³-hybridized carbons (Fsp3) is 0.846. The first-order chi connectivity index (χ1) is 8.14. The third-order valence-electron chi connectivity index (χ3n) is 4.07. The number of amides is 2. The van der Waals surface area contributed by atoms with E-state index in [1.165, 1.54) is 0 Å². The van der Waals surface area contributed by atoms with E-state index in [1.807, 2.05) is 13.8 Å².